The fourth-order valence-electron chi connectivity index (χ4n) is 3.81. The molecule has 1 aromatic heterocycles. The molecule has 6 nitrogen and oxygen atoms in total. The number of fused-ring (bicyclic) bond motifs is 1. The minimum absolute atomic E-state index is 0.00154. The molecule has 3 rings (SSSR count). The minimum atomic E-state index is -0.197. The smallest absolute Gasteiger partial charge is 0.243 e. The Hall–Kier alpha value is -2.76. The van der Waals surface area contributed by atoms with Gasteiger partial charge in [0.2, 0.25) is 11.8 Å². The first-order valence-corrected chi connectivity index (χ1v) is 9.84. The Labute approximate surface area is 166 Å². The van der Waals surface area contributed by atoms with Crippen molar-refractivity contribution in [1.82, 2.24) is 14.4 Å². The van der Waals surface area contributed by atoms with E-state index in [2.05, 4.69) is 10.6 Å². The van der Waals surface area contributed by atoms with Crippen LogP contribution < -0.4 is 4.74 Å². The first kappa shape index (κ1) is 20.0. The van der Waals surface area contributed by atoms with Crippen LogP contribution in [-0.4, -0.2) is 52.4 Å². The van der Waals surface area contributed by atoms with Gasteiger partial charge in [0.05, 0.1) is 13.2 Å². The Balaban J connectivity index is 1.94. The van der Waals surface area contributed by atoms with Crippen LogP contribution in [0.25, 0.3) is 0 Å². The summed E-state index contributed by atoms with van der Waals surface area (Å²) >= 11 is 0. The van der Waals surface area contributed by atoms with Gasteiger partial charge < -0.3 is 19.1 Å². The van der Waals surface area contributed by atoms with Crippen LogP contribution in [0.15, 0.2) is 42.6 Å². The zero-order valence-corrected chi connectivity index (χ0v) is 17.1. The monoisotopic (exact) mass is 383 g/mol. The van der Waals surface area contributed by atoms with Crippen LogP contribution in [0.5, 0.6) is 5.75 Å². The van der Waals surface area contributed by atoms with Gasteiger partial charge in [-0.1, -0.05) is 19.1 Å². The number of hydrogen-bond acceptors (Lipinski definition) is 3. The molecule has 2 amide bonds. The van der Waals surface area contributed by atoms with Crippen molar-refractivity contribution in [1.29, 1.82) is 0 Å². The van der Waals surface area contributed by atoms with Crippen molar-refractivity contribution in [2.24, 2.45) is 0 Å². The second-order valence-corrected chi connectivity index (χ2v) is 7.36. The summed E-state index contributed by atoms with van der Waals surface area (Å²) in [4.78, 5) is 29.1. The third-order valence-corrected chi connectivity index (χ3v) is 5.32. The zero-order chi connectivity index (χ0) is 20.3. The topological polar surface area (TPSA) is 54.8 Å². The first-order chi connectivity index (χ1) is 13.5. The quantitative estimate of drug-likeness (QED) is 0.770. The number of ether oxygens (including phenoxy) is 1. The van der Waals surface area contributed by atoms with Gasteiger partial charge in [0.25, 0.3) is 0 Å². The van der Waals surface area contributed by atoms with E-state index in [0.717, 1.165) is 23.6 Å². The number of rotatable bonds is 6. The molecule has 0 saturated heterocycles. The van der Waals surface area contributed by atoms with Crippen molar-refractivity contribution in [3.8, 4) is 5.75 Å². The molecule has 0 radical (unpaired) electrons. The van der Waals surface area contributed by atoms with E-state index in [9.17, 15) is 9.59 Å². The van der Waals surface area contributed by atoms with Crippen LogP contribution in [0.2, 0.25) is 0 Å². The normalized spacial score (nSPS) is 16.0. The van der Waals surface area contributed by atoms with Gasteiger partial charge in [0.15, 0.2) is 0 Å². The molecule has 1 aliphatic rings. The zero-order valence-electron chi connectivity index (χ0n) is 17.1. The summed E-state index contributed by atoms with van der Waals surface area (Å²) < 4.78 is 7.58. The fraction of sp³-hybridized carbons (Fsp3) is 0.455. The average Bonchev–Trinajstić information content (AvgIpc) is 3.19. The van der Waals surface area contributed by atoms with Gasteiger partial charge in [0, 0.05) is 37.4 Å². The van der Waals surface area contributed by atoms with Gasteiger partial charge in [-0.3, -0.25) is 9.59 Å². The Morgan fingerprint density at radius 1 is 1.21 bits per heavy atom. The van der Waals surface area contributed by atoms with Crippen LogP contribution in [0, 0.1) is 0 Å². The molecule has 0 bridgehead atoms. The molecule has 28 heavy (non-hydrogen) atoms. The maximum absolute atomic E-state index is 13.3. The van der Waals surface area contributed by atoms with Crippen molar-refractivity contribution in [3.05, 3.63) is 53.9 Å². The van der Waals surface area contributed by atoms with Crippen LogP contribution in [0.1, 0.15) is 44.5 Å². The second-order valence-electron chi connectivity index (χ2n) is 7.36. The highest BCUT2D eigenvalue weighted by atomic mass is 16.5. The number of benzene rings is 1. The van der Waals surface area contributed by atoms with E-state index in [4.69, 9.17) is 4.74 Å². The number of hydrogen-bond donors (Lipinski definition) is 0. The summed E-state index contributed by atoms with van der Waals surface area (Å²) in [5, 5.41) is 0. The summed E-state index contributed by atoms with van der Waals surface area (Å²) in [7, 11) is 1.64. The van der Waals surface area contributed by atoms with E-state index in [0.29, 0.717) is 13.0 Å². The highest BCUT2D eigenvalue weighted by Crippen LogP contribution is 2.34. The fourth-order valence-corrected chi connectivity index (χ4v) is 3.81. The third kappa shape index (κ3) is 3.91. The average molecular weight is 383 g/mol. The predicted molar refractivity (Wildman–Crippen MR) is 108 cm³/mol. The third-order valence-electron chi connectivity index (χ3n) is 5.32. The van der Waals surface area contributed by atoms with Crippen LogP contribution in [0.3, 0.4) is 0 Å². The predicted octanol–water partition coefficient (Wildman–Crippen LogP) is 3.08. The lowest BCUT2D eigenvalue weighted by atomic mass is 9.99. The van der Waals surface area contributed by atoms with Crippen molar-refractivity contribution >= 4 is 11.8 Å². The summed E-state index contributed by atoms with van der Waals surface area (Å²) in [6.07, 6.45) is 2.44. The van der Waals surface area contributed by atoms with Crippen LogP contribution in [-0.2, 0) is 16.1 Å². The molecule has 1 atom stereocenters. The van der Waals surface area contributed by atoms with E-state index in [1.165, 1.54) is 0 Å². The maximum Gasteiger partial charge on any atom is 0.243 e. The molecule has 1 unspecified atom stereocenters. The van der Waals surface area contributed by atoms with Crippen molar-refractivity contribution in [2.45, 2.75) is 45.8 Å². The Bertz CT molecular complexity index is 843. The van der Waals surface area contributed by atoms with Gasteiger partial charge >= 0.3 is 0 Å². The van der Waals surface area contributed by atoms with Crippen LogP contribution >= 0.6 is 0 Å². The number of methoxy groups -OCH3 is 1. The van der Waals surface area contributed by atoms with Crippen molar-refractivity contribution < 1.29 is 14.3 Å². The highest BCUT2D eigenvalue weighted by Gasteiger charge is 2.33. The number of amides is 2. The SMILES string of the molecule is CCC(=O)N(CC(=O)N1CCn2cccc2C1c1cccc(OC)c1)C(C)C. The van der Waals surface area contributed by atoms with E-state index in [1.54, 1.807) is 12.0 Å². The molecule has 0 spiro atoms. The van der Waals surface area contributed by atoms with Crippen molar-refractivity contribution in [3.63, 3.8) is 0 Å². The lowest BCUT2D eigenvalue weighted by Crippen LogP contribution is -2.49. The summed E-state index contributed by atoms with van der Waals surface area (Å²) in [6, 6.07) is 11.7. The maximum atomic E-state index is 13.3. The molecule has 0 saturated carbocycles. The summed E-state index contributed by atoms with van der Waals surface area (Å²) in [5.41, 5.74) is 2.08. The van der Waals surface area contributed by atoms with Crippen LogP contribution in [0.4, 0.5) is 0 Å². The molecular weight excluding hydrogens is 354 g/mol. The number of carbonyl (C=O) groups is 2. The number of aromatic nitrogens is 1. The molecule has 6 heteroatoms. The van der Waals surface area contributed by atoms with Gasteiger partial charge in [-0.25, -0.2) is 0 Å². The molecule has 2 heterocycles. The van der Waals surface area contributed by atoms with E-state index >= 15 is 0 Å². The van der Waals surface area contributed by atoms with Gasteiger partial charge in [0.1, 0.15) is 12.3 Å². The highest BCUT2D eigenvalue weighted by molar-refractivity contribution is 5.85. The molecule has 150 valence electrons. The minimum Gasteiger partial charge on any atom is -0.497 e. The van der Waals surface area contributed by atoms with E-state index in [1.807, 2.05) is 62.2 Å². The lowest BCUT2D eigenvalue weighted by molar-refractivity contribution is -0.143. The molecule has 1 aliphatic heterocycles. The van der Waals surface area contributed by atoms with Gasteiger partial charge in [-0.05, 0) is 43.7 Å². The number of carbonyl (C=O) groups excluding carboxylic acids is 2. The summed E-state index contributed by atoms with van der Waals surface area (Å²) in [5.74, 6) is 0.732. The van der Waals surface area contributed by atoms with Gasteiger partial charge in [-0.15, -0.1) is 0 Å². The second kappa shape index (κ2) is 8.50. The van der Waals surface area contributed by atoms with Gasteiger partial charge in [-0.2, -0.15) is 0 Å². The molecule has 1 aromatic carbocycles. The first-order valence-electron chi connectivity index (χ1n) is 9.84. The lowest BCUT2D eigenvalue weighted by Gasteiger charge is -2.39. The molecule has 0 aliphatic carbocycles. The van der Waals surface area contributed by atoms with E-state index in [-0.39, 0.29) is 30.4 Å². The summed E-state index contributed by atoms with van der Waals surface area (Å²) in [6.45, 7) is 7.18. The molecule has 2 aromatic rings. The largest absolute Gasteiger partial charge is 0.497 e. The Kier molecular flexibility index (Phi) is 6.07. The molecule has 0 N–H and O–H groups in total. The van der Waals surface area contributed by atoms with Crippen molar-refractivity contribution in [2.75, 3.05) is 20.2 Å². The standard InChI is InChI=1S/C22H29N3O3/c1-5-20(26)25(16(2)3)15-21(27)24-13-12-23-11-7-10-19(23)22(24)17-8-6-9-18(14-17)28-4/h6-11,14,16,22H,5,12-13,15H2,1-4H3. The number of nitrogens with zero attached hydrogens (tertiary/aromatic N) is 3. The molecular formula is C22H29N3O3. The Morgan fingerprint density at radius 3 is 2.68 bits per heavy atom. The Morgan fingerprint density at radius 2 is 2.00 bits per heavy atom. The molecule has 0 fully saturated rings. The van der Waals surface area contributed by atoms with E-state index < -0.39 is 0 Å².